The Morgan fingerprint density at radius 1 is 0.953 bits per heavy atom. The summed E-state index contributed by atoms with van der Waals surface area (Å²) in [6.07, 6.45) is 5.16. The molecule has 0 aliphatic carbocycles. The molecule has 2 aromatic heterocycles. The highest BCUT2D eigenvalue weighted by Gasteiger charge is 2.46. The largest absolute Gasteiger partial charge is 0.493 e. The van der Waals surface area contributed by atoms with Gasteiger partial charge in [0.15, 0.2) is 5.75 Å². The van der Waals surface area contributed by atoms with E-state index in [0.29, 0.717) is 44.0 Å². The Bertz CT molecular complexity index is 2630. The number of aromatic nitrogens is 6. The first-order valence-corrected chi connectivity index (χ1v) is 21.9. The number of esters is 1. The van der Waals surface area contributed by atoms with Crippen LogP contribution in [-0.4, -0.2) is 80.7 Å². The van der Waals surface area contributed by atoms with Crippen LogP contribution in [0.3, 0.4) is 0 Å². The molecule has 0 amide bonds. The van der Waals surface area contributed by atoms with E-state index in [-0.39, 0.29) is 45.6 Å². The van der Waals surface area contributed by atoms with Crippen molar-refractivity contribution in [1.29, 1.82) is 0 Å². The summed E-state index contributed by atoms with van der Waals surface area (Å²) in [7, 11) is 0. The number of anilines is 2. The highest BCUT2D eigenvalue weighted by molar-refractivity contribution is 6.37. The predicted molar refractivity (Wildman–Crippen MR) is 237 cm³/mol. The molecule has 0 unspecified atom stereocenters. The first-order chi connectivity index (χ1) is 30.8. The van der Waals surface area contributed by atoms with Crippen LogP contribution in [-0.2, 0) is 28.2 Å². The van der Waals surface area contributed by atoms with Gasteiger partial charge in [0.2, 0.25) is 6.33 Å². The SMILES string of the molecule is CC[C@@H]([C@H](C)O)n1ncn(-c2ccc(N3CCN(c4ccc(OC[C@H]5CO[C@@](Cn6c[n+](Cc7cc(Cl)c(OC(C)=O)c(Cl)c7)cn6)(c6ccc(F)cc6F)C5)cc4)CC3)cc2)c1=O. The molecule has 2 saturated heterocycles. The number of aliphatic hydroxyl groups excluding tert-OH is 1. The average molecular weight is 919 g/mol. The molecule has 6 aromatic rings. The van der Waals surface area contributed by atoms with E-state index in [0.717, 1.165) is 49.2 Å². The highest BCUT2D eigenvalue weighted by atomic mass is 35.5. The Kier molecular flexibility index (Phi) is 13.4. The number of piperazine rings is 1. The second kappa shape index (κ2) is 19.1. The van der Waals surface area contributed by atoms with Crippen LogP contribution < -0.4 is 29.5 Å². The van der Waals surface area contributed by atoms with E-state index < -0.39 is 29.3 Å². The van der Waals surface area contributed by atoms with Crippen molar-refractivity contribution >= 4 is 40.5 Å². The van der Waals surface area contributed by atoms with Crippen LogP contribution in [0.1, 0.15) is 50.8 Å². The van der Waals surface area contributed by atoms with Crippen LogP contribution in [0.25, 0.3) is 5.69 Å². The van der Waals surface area contributed by atoms with Gasteiger partial charge in [-0.2, -0.15) is 5.10 Å². The van der Waals surface area contributed by atoms with Gasteiger partial charge in [0.05, 0.1) is 47.6 Å². The zero-order valence-electron chi connectivity index (χ0n) is 35.6. The fourth-order valence-corrected chi connectivity index (χ4v) is 9.22. The summed E-state index contributed by atoms with van der Waals surface area (Å²) in [5.41, 5.74) is 2.40. The molecule has 64 heavy (non-hydrogen) atoms. The van der Waals surface area contributed by atoms with Gasteiger partial charge in [0.25, 0.3) is 6.33 Å². The molecular weight excluding hydrogens is 869 g/mol. The van der Waals surface area contributed by atoms with E-state index >= 15 is 4.39 Å². The van der Waals surface area contributed by atoms with E-state index in [2.05, 4.69) is 20.0 Å². The zero-order chi connectivity index (χ0) is 45.1. The molecule has 0 radical (unpaired) electrons. The number of hydrogen-bond donors (Lipinski definition) is 1. The highest BCUT2D eigenvalue weighted by Crippen LogP contribution is 2.42. The molecule has 2 fully saturated rings. The molecule has 4 atom stereocenters. The van der Waals surface area contributed by atoms with Gasteiger partial charge in [-0.15, -0.1) is 4.68 Å². The molecular formula is C46H49Cl2F2N8O6+. The molecule has 1 N–H and O–H groups in total. The molecule has 0 bridgehead atoms. The van der Waals surface area contributed by atoms with Crippen LogP contribution in [0.4, 0.5) is 20.2 Å². The van der Waals surface area contributed by atoms with E-state index in [9.17, 15) is 19.1 Å². The predicted octanol–water partition coefficient (Wildman–Crippen LogP) is 6.75. The van der Waals surface area contributed by atoms with E-state index in [1.807, 2.05) is 55.5 Å². The number of benzene rings is 4. The molecule has 0 saturated carbocycles. The first kappa shape index (κ1) is 44.8. The molecule has 2 aliphatic heterocycles. The van der Waals surface area contributed by atoms with E-state index in [1.165, 1.54) is 34.6 Å². The second-order valence-electron chi connectivity index (χ2n) is 16.3. The van der Waals surface area contributed by atoms with Crippen LogP contribution in [0.2, 0.25) is 10.0 Å². The minimum Gasteiger partial charge on any atom is -0.493 e. The quantitative estimate of drug-likeness (QED) is 0.0671. The summed E-state index contributed by atoms with van der Waals surface area (Å²) in [5.74, 6) is -1.24. The summed E-state index contributed by atoms with van der Waals surface area (Å²) in [6, 6.07) is 22.3. The summed E-state index contributed by atoms with van der Waals surface area (Å²) >= 11 is 12.7. The molecule has 336 valence electrons. The molecule has 0 spiro atoms. The van der Waals surface area contributed by atoms with Crippen molar-refractivity contribution in [2.75, 3.05) is 49.2 Å². The van der Waals surface area contributed by atoms with Gasteiger partial charge in [0.1, 0.15) is 35.9 Å². The Labute approximate surface area is 378 Å². The third kappa shape index (κ3) is 9.79. The number of halogens is 4. The third-order valence-electron chi connectivity index (χ3n) is 11.8. The van der Waals surface area contributed by atoms with Crippen molar-refractivity contribution < 1.29 is 37.5 Å². The van der Waals surface area contributed by atoms with Gasteiger partial charge in [0, 0.05) is 67.1 Å². The van der Waals surface area contributed by atoms with Crippen molar-refractivity contribution in [3.8, 4) is 17.2 Å². The fourth-order valence-electron chi connectivity index (χ4n) is 8.61. The number of carbonyl (C=O) groups excluding carboxylic acids is 1. The maximum atomic E-state index is 15.5. The molecule has 2 aliphatic rings. The second-order valence-corrected chi connectivity index (χ2v) is 17.2. The van der Waals surface area contributed by atoms with Gasteiger partial charge >= 0.3 is 11.7 Å². The molecule has 8 rings (SSSR count). The maximum Gasteiger partial charge on any atom is 0.350 e. The van der Waals surface area contributed by atoms with E-state index in [4.69, 9.17) is 37.4 Å². The summed E-state index contributed by atoms with van der Waals surface area (Å²) in [4.78, 5) is 29.2. The minimum atomic E-state index is -1.15. The first-order valence-electron chi connectivity index (χ1n) is 21.1. The molecule has 4 aromatic carbocycles. The van der Waals surface area contributed by atoms with Crippen molar-refractivity contribution in [3.63, 3.8) is 0 Å². The summed E-state index contributed by atoms with van der Waals surface area (Å²) in [5, 5.41) is 19.3. The third-order valence-corrected chi connectivity index (χ3v) is 12.4. The maximum absolute atomic E-state index is 15.5. The van der Waals surface area contributed by atoms with Gasteiger partial charge in [-0.1, -0.05) is 36.2 Å². The van der Waals surface area contributed by atoms with Crippen LogP contribution >= 0.6 is 23.2 Å². The number of carbonyl (C=O) groups is 1. The van der Waals surface area contributed by atoms with Crippen LogP contribution in [0.15, 0.2) is 103 Å². The molecule has 14 nitrogen and oxygen atoms in total. The smallest absolute Gasteiger partial charge is 0.350 e. The van der Waals surface area contributed by atoms with Crippen molar-refractivity contribution in [2.45, 2.75) is 64.4 Å². The topological polar surface area (TPSA) is 133 Å². The Morgan fingerprint density at radius 3 is 2.20 bits per heavy atom. The lowest BCUT2D eigenvalue weighted by molar-refractivity contribution is -0.689. The van der Waals surface area contributed by atoms with Gasteiger partial charge < -0.3 is 29.1 Å². The van der Waals surface area contributed by atoms with E-state index in [1.54, 1.807) is 41.0 Å². The Balaban J connectivity index is 0.863. The zero-order valence-corrected chi connectivity index (χ0v) is 37.1. The van der Waals surface area contributed by atoms with Crippen molar-refractivity contribution in [1.82, 2.24) is 24.1 Å². The van der Waals surface area contributed by atoms with Crippen molar-refractivity contribution in [3.05, 3.63) is 141 Å². The number of aliphatic hydroxyl groups is 1. The van der Waals surface area contributed by atoms with Gasteiger partial charge in [-0.25, -0.2) is 27.4 Å². The minimum absolute atomic E-state index is 0.0900. The summed E-state index contributed by atoms with van der Waals surface area (Å²) in [6.45, 7) is 9.21. The number of nitrogens with zero attached hydrogens (tertiary/aromatic N) is 8. The monoisotopic (exact) mass is 917 g/mol. The van der Waals surface area contributed by atoms with Crippen LogP contribution in [0.5, 0.6) is 11.5 Å². The number of hydrogen-bond acceptors (Lipinski definition) is 10. The normalized spacial score (nSPS) is 18.6. The fraction of sp³-hybridized carbons (Fsp3) is 0.370. The molecule has 18 heteroatoms. The number of rotatable bonds is 15. The Hall–Kier alpha value is -5.81. The van der Waals surface area contributed by atoms with Crippen LogP contribution in [0, 0.1) is 17.6 Å². The standard InChI is InChI=1S/C46H49Cl2F2N8O6/c1-4-43(30(2)59)58-45(61)57(28-52-58)37-8-6-35(7-9-37)54-15-17-55(18-16-54)36-10-12-38(13-11-36)62-24-33-22-46(63-25-33,39-14-5-34(49)21-42(39)50)26-56-29-53(27-51-56)23-32-19-40(47)44(41(48)20-32)64-31(3)60/h5-14,19-21,27-30,33,43,59H,4,15-18,22-26H2,1-3H3/q+1/t30-,33-,43-,46-/m0/s1. The lowest BCUT2D eigenvalue weighted by Crippen LogP contribution is -2.46. The lowest BCUT2D eigenvalue weighted by Gasteiger charge is -2.37. The molecule has 4 heterocycles. The lowest BCUT2D eigenvalue weighted by atomic mass is 9.87. The van der Waals surface area contributed by atoms with Crippen molar-refractivity contribution in [2.24, 2.45) is 5.92 Å². The Morgan fingerprint density at radius 2 is 1.59 bits per heavy atom. The average Bonchev–Trinajstić information content (AvgIpc) is 4.00. The number of ether oxygens (including phenoxy) is 3. The van der Waals surface area contributed by atoms with Gasteiger partial charge in [-0.05, 0) is 92.1 Å². The summed E-state index contributed by atoms with van der Waals surface area (Å²) < 4.78 is 53.7. The van der Waals surface area contributed by atoms with Gasteiger partial charge in [-0.3, -0.25) is 4.79 Å².